The fraction of sp³-hybridized carbons (Fsp3) is 0.533. The van der Waals surface area contributed by atoms with Gasteiger partial charge in [0.2, 0.25) is 0 Å². The molecule has 0 heterocycles. The Morgan fingerprint density at radius 2 is 1.95 bits per heavy atom. The van der Waals surface area contributed by atoms with Crippen molar-refractivity contribution in [1.29, 1.82) is 0 Å². The van der Waals surface area contributed by atoms with Crippen LogP contribution in [0.4, 0.5) is 0 Å². The molecule has 1 aliphatic carbocycles. The largest absolute Gasteiger partial charge is 0.296 e. The van der Waals surface area contributed by atoms with E-state index in [1.165, 1.54) is 6.92 Å². The summed E-state index contributed by atoms with van der Waals surface area (Å²) < 4.78 is 28.4. The van der Waals surface area contributed by atoms with Gasteiger partial charge in [0.05, 0.1) is 5.75 Å². The molecular weight excluding hydrogens is 312 g/mol. The second-order valence-corrected chi connectivity index (χ2v) is 7.89. The maximum Gasteiger partial charge on any atom is 0.267 e. The summed E-state index contributed by atoms with van der Waals surface area (Å²) in [6.45, 7) is 3.08. The second kappa shape index (κ2) is 6.07. The number of hydrogen-bond acceptors (Lipinski definition) is 4. The molecule has 4 nitrogen and oxygen atoms in total. The predicted molar refractivity (Wildman–Crippen MR) is 81.8 cm³/mol. The monoisotopic (exact) mass is 330 g/mol. The summed E-state index contributed by atoms with van der Waals surface area (Å²) in [4.78, 5) is 12.5. The minimum Gasteiger partial charge on any atom is -0.296 e. The molecule has 2 atom stereocenters. The number of halogens is 1. The summed E-state index contributed by atoms with van der Waals surface area (Å²) >= 11 is 5.84. The molecule has 21 heavy (non-hydrogen) atoms. The van der Waals surface area contributed by atoms with E-state index in [1.807, 2.05) is 12.1 Å². The van der Waals surface area contributed by atoms with Crippen LogP contribution in [0.15, 0.2) is 24.3 Å². The fourth-order valence-corrected chi connectivity index (χ4v) is 3.63. The van der Waals surface area contributed by atoms with Crippen LogP contribution in [0.2, 0.25) is 5.02 Å². The third-order valence-corrected chi connectivity index (χ3v) is 5.50. The Morgan fingerprint density at radius 1 is 1.33 bits per heavy atom. The van der Waals surface area contributed by atoms with Crippen LogP contribution in [0.5, 0.6) is 0 Å². The molecule has 6 heteroatoms. The number of hydrogen-bond donors (Lipinski definition) is 0. The predicted octanol–water partition coefficient (Wildman–Crippen LogP) is 2.99. The van der Waals surface area contributed by atoms with E-state index in [0.717, 1.165) is 5.56 Å². The van der Waals surface area contributed by atoms with Gasteiger partial charge in [0.25, 0.3) is 10.1 Å². The van der Waals surface area contributed by atoms with E-state index in [4.69, 9.17) is 15.8 Å². The van der Waals surface area contributed by atoms with E-state index in [0.29, 0.717) is 24.3 Å². The first-order valence-electron chi connectivity index (χ1n) is 6.98. The van der Waals surface area contributed by atoms with Crippen molar-refractivity contribution < 1.29 is 17.4 Å². The fourth-order valence-electron chi connectivity index (χ4n) is 2.66. The lowest BCUT2D eigenvalue weighted by atomic mass is 9.94. The highest BCUT2D eigenvalue weighted by Gasteiger charge is 2.47. The Hall–Kier alpha value is -0.910. The standard InChI is InChI=1S/C15H19ClO4S/c1-3-21(18,19)20-15(2)9-8-12(14(15)17)10-11-4-6-13(16)7-5-11/h4-7,12H,3,8-10H2,1-2H3. The summed E-state index contributed by atoms with van der Waals surface area (Å²) in [5.41, 5.74) is -0.202. The van der Waals surface area contributed by atoms with Crippen LogP contribution in [-0.4, -0.2) is 25.6 Å². The molecule has 0 bridgehead atoms. The molecule has 0 N–H and O–H groups in total. The smallest absolute Gasteiger partial charge is 0.267 e. The quantitative estimate of drug-likeness (QED) is 0.779. The zero-order valence-corrected chi connectivity index (χ0v) is 13.7. The average Bonchev–Trinajstić information content (AvgIpc) is 2.69. The molecule has 1 fully saturated rings. The molecular formula is C15H19ClO4S. The highest BCUT2D eigenvalue weighted by Crippen LogP contribution is 2.37. The summed E-state index contributed by atoms with van der Waals surface area (Å²) in [6.07, 6.45) is 1.65. The Morgan fingerprint density at radius 3 is 2.52 bits per heavy atom. The van der Waals surface area contributed by atoms with E-state index < -0.39 is 15.7 Å². The number of carbonyl (C=O) groups is 1. The van der Waals surface area contributed by atoms with Crippen molar-refractivity contribution in [3.63, 3.8) is 0 Å². The minimum absolute atomic E-state index is 0.127. The molecule has 1 aliphatic rings. The molecule has 0 aliphatic heterocycles. The van der Waals surface area contributed by atoms with E-state index in [9.17, 15) is 13.2 Å². The first-order valence-corrected chi connectivity index (χ1v) is 8.93. The Bertz CT molecular complexity index is 624. The molecule has 0 amide bonds. The molecule has 0 radical (unpaired) electrons. The SMILES string of the molecule is CCS(=O)(=O)OC1(C)CCC(Cc2ccc(Cl)cc2)C1=O. The van der Waals surface area contributed by atoms with Crippen LogP contribution in [0.25, 0.3) is 0 Å². The van der Waals surface area contributed by atoms with Crippen LogP contribution in [0, 0.1) is 5.92 Å². The van der Waals surface area contributed by atoms with Gasteiger partial charge in [0.15, 0.2) is 5.78 Å². The topological polar surface area (TPSA) is 60.4 Å². The molecule has 0 saturated heterocycles. The Kier molecular flexibility index (Phi) is 4.76. The lowest BCUT2D eigenvalue weighted by molar-refractivity contribution is -0.132. The van der Waals surface area contributed by atoms with Crippen molar-refractivity contribution in [2.45, 2.75) is 38.7 Å². The third-order valence-electron chi connectivity index (χ3n) is 3.92. The van der Waals surface area contributed by atoms with Crippen LogP contribution >= 0.6 is 11.6 Å². The molecule has 1 aromatic rings. The molecule has 2 unspecified atom stereocenters. The second-order valence-electron chi connectivity index (χ2n) is 5.59. The first kappa shape index (κ1) is 16.5. The van der Waals surface area contributed by atoms with Gasteiger partial charge in [-0.25, -0.2) is 0 Å². The average molecular weight is 331 g/mol. The van der Waals surface area contributed by atoms with Crippen molar-refractivity contribution in [2.24, 2.45) is 5.92 Å². The van der Waals surface area contributed by atoms with Crippen molar-refractivity contribution in [1.82, 2.24) is 0 Å². The van der Waals surface area contributed by atoms with Crippen LogP contribution in [0.1, 0.15) is 32.3 Å². The van der Waals surface area contributed by atoms with Crippen molar-refractivity contribution >= 4 is 27.5 Å². The van der Waals surface area contributed by atoms with Crippen molar-refractivity contribution in [3.05, 3.63) is 34.9 Å². The van der Waals surface area contributed by atoms with Crippen LogP contribution in [0.3, 0.4) is 0 Å². The summed E-state index contributed by atoms with van der Waals surface area (Å²) in [6, 6.07) is 7.34. The van der Waals surface area contributed by atoms with Gasteiger partial charge in [0.1, 0.15) is 5.60 Å². The molecule has 1 aromatic carbocycles. The van der Waals surface area contributed by atoms with Crippen molar-refractivity contribution in [2.75, 3.05) is 5.75 Å². The maximum absolute atomic E-state index is 12.5. The van der Waals surface area contributed by atoms with Crippen LogP contribution < -0.4 is 0 Å². The van der Waals surface area contributed by atoms with Gasteiger partial charge in [0, 0.05) is 10.9 Å². The number of carbonyl (C=O) groups excluding carboxylic acids is 1. The van der Waals surface area contributed by atoms with Gasteiger partial charge in [-0.2, -0.15) is 8.42 Å². The number of ketones is 1. The van der Waals surface area contributed by atoms with E-state index in [2.05, 4.69) is 0 Å². The summed E-state index contributed by atoms with van der Waals surface area (Å²) in [5, 5.41) is 0.652. The van der Waals surface area contributed by atoms with E-state index >= 15 is 0 Å². The van der Waals surface area contributed by atoms with Crippen LogP contribution in [-0.2, 0) is 25.5 Å². The van der Waals surface area contributed by atoms with Gasteiger partial charge >= 0.3 is 0 Å². The molecule has 116 valence electrons. The number of benzene rings is 1. The van der Waals surface area contributed by atoms with Gasteiger partial charge in [-0.05, 0) is 50.8 Å². The third kappa shape index (κ3) is 3.84. The van der Waals surface area contributed by atoms with Crippen molar-refractivity contribution in [3.8, 4) is 0 Å². The Balaban J connectivity index is 2.09. The zero-order valence-electron chi connectivity index (χ0n) is 12.1. The molecule has 2 rings (SSSR count). The number of Topliss-reactive ketones (excluding diaryl/α,β-unsaturated/α-hetero) is 1. The minimum atomic E-state index is -3.63. The lowest BCUT2D eigenvalue weighted by Gasteiger charge is -2.22. The normalized spacial score (nSPS) is 26.2. The molecule has 0 spiro atoms. The highest BCUT2D eigenvalue weighted by molar-refractivity contribution is 7.86. The highest BCUT2D eigenvalue weighted by atomic mass is 35.5. The van der Waals surface area contributed by atoms with E-state index in [1.54, 1.807) is 19.1 Å². The lowest BCUT2D eigenvalue weighted by Crippen LogP contribution is -2.38. The van der Waals surface area contributed by atoms with Gasteiger partial charge < -0.3 is 0 Å². The zero-order chi connectivity index (χ0) is 15.7. The number of rotatable bonds is 5. The summed E-state index contributed by atoms with van der Waals surface area (Å²) in [7, 11) is -3.63. The van der Waals surface area contributed by atoms with Gasteiger partial charge in [-0.15, -0.1) is 0 Å². The molecule has 0 aromatic heterocycles. The van der Waals surface area contributed by atoms with Gasteiger partial charge in [-0.3, -0.25) is 8.98 Å². The Labute approximate surface area is 130 Å². The first-order chi connectivity index (χ1) is 9.76. The van der Waals surface area contributed by atoms with Gasteiger partial charge in [-0.1, -0.05) is 23.7 Å². The van der Waals surface area contributed by atoms with E-state index in [-0.39, 0.29) is 17.5 Å². The molecule has 1 saturated carbocycles. The summed E-state index contributed by atoms with van der Waals surface area (Å²) in [5.74, 6) is -0.463. The maximum atomic E-state index is 12.5.